The zero-order valence-electron chi connectivity index (χ0n) is 60.8. The molecule has 16 aromatic carbocycles. The molecule has 506 valence electrons. The maximum absolute atomic E-state index is 2.64. The zero-order valence-corrected chi connectivity index (χ0v) is 60.8. The van der Waals surface area contributed by atoms with Gasteiger partial charge in [0.2, 0.25) is 0 Å². The van der Waals surface area contributed by atoms with Gasteiger partial charge in [0.1, 0.15) is 0 Å². The number of hydrogen-bond donors (Lipinski definition) is 0. The second kappa shape index (κ2) is 23.0. The van der Waals surface area contributed by atoms with Gasteiger partial charge < -0.3 is 0 Å². The van der Waals surface area contributed by atoms with Gasteiger partial charge in [-0.2, -0.15) is 0 Å². The molecule has 1 saturated carbocycles. The second-order valence-electron chi connectivity index (χ2n) is 32.7. The molecule has 1 fully saturated rings. The van der Waals surface area contributed by atoms with E-state index < -0.39 is 0 Å². The van der Waals surface area contributed by atoms with Crippen molar-refractivity contribution >= 4 is 86.9 Å². The summed E-state index contributed by atoms with van der Waals surface area (Å²) in [6.07, 6.45) is 19.7. The highest BCUT2D eigenvalue weighted by Crippen LogP contribution is 2.63. The summed E-state index contributed by atoms with van der Waals surface area (Å²) in [5, 5.41) is 16.2. The molecule has 0 aliphatic heterocycles. The first kappa shape index (κ1) is 61.4. The van der Waals surface area contributed by atoms with Gasteiger partial charge in [-0.25, -0.2) is 0 Å². The monoisotopic (exact) mass is 1360 g/mol. The number of benzene rings is 16. The summed E-state index contributed by atoms with van der Waals surface area (Å²) in [6.45, 7) is 7.48. The van der Waals surface area contributed by atoms with E-state index in [0.29, 0.717) is 5.92 Å². The van der Waals surface area contributed by atoms with Gasteiger partial charge in [0.25, 0.3) is 0 Å². The molecule has 0 bridgehead atoms. The van der Waals surface area contributed by atoms with Gasteiger partial charge in [-0.3, -0.25) is 0 Å². The van der Waals surface area contributed by atoms with Crippen LogP contribution in [0.4, 0.5) is 0 Å². The summed E-state index contributed by atoms with van der Waals surface area (Å²) in [6, 6.07) is 110. The molecule has 23 rings (SSSR count). The molecule has 0 heterocycles. The Morgan fingerprint density at radius 1 is 0.374 bits per heavy atom. The second-order valence-corrected chi connectivity index (χ2v) is 32.7. The zero-order chi connectivity index (χ0) is 70.5. The van der Waals surface area contributed by atoms with Crippen LogP contribution in [0.2, 0.25) is 0 Å². The molecule has 107 heavy (non-hydrogen) atoms. The lowest BCUT2D eigenvalue weighted by Crippen LogP contribution is -2.25. The Kier molecular flexibility index (Phi) is 13.2. The van der Waals surface area contributed by atoms with Crippen molar-refractivity contribution in [2.24, 2.45) is 0 Å². The van der Waals surface area contributed by atoms with Crippen LogP contribution in [0.5, 0.6) is 0 Å². The molecule has 0 spiro atoms. The lowest BCUT2D eigenvalue weighted by atomic mass is 9.70. The Morgan fingerprint density at radius 3 is 1.51 bits per heavy atom. The van der Waals surface area contributed by atoms with Crippen LogP contribution in [0.15, 0.2) is 309 Å². The van der Waals surface area contributed by atoms with Gasteiger partial charge in [-0.15, -0.1) is 0 Å². The molecule has 2 atom stereocenters. The Bertz CT molecular complexity index is 6740. The molecular formula is C107H78. The third-order valence-corrected chi connectivity index (χ3v) is 26.7. The van der Waals surface area contributed by atoms with E-state index in [1.807, 2.05) is 0 Å². The molecular weight excluding hydrogens is 1290 g/mol. The van der Waals surface area contributed by atoms with E-state index in [1.54, 1.807) is 0 Å². The van der Waals surface area contributed by atoms with E-state index in [4.69, 9.17) is 0 Å². The fraction of sp³-hybridized carbons (Fsp3) is 0.140. The minimum atomic E-state index is -0.243. The van der Waals surface area contributed by atoms with E-state index in [2.05, 4.69) is 330 Å². The quantitative estimate of drug-likeness (QED) is 0.128. The van der Waals surface area contributed by atoms with Crippen molar-refractivity contribution in [3.63, 3.8) is 0 Å². The normalized spacial score (nSPS) is 17.2. The standard InChI is InChI=1S/C107H78/c1-106(2,73-47-50-83-91(61-73)98(68-32-17-8-18-33-68)103-86-43-22-39-78-74(51-53-87(99(78)86)105(103)96(83)66-28-13-6-14-29-66)70-45-48-77-80-37-19-34-64-35-20-38-81(94(64)80)89(77)59-70)62-72-46-55-92-101-76(72)36-21-41-84(101)93-60-71(56-57-107(92,93)3)75-52-54-88-100-79(75)40-23-42-85(100)102-97(67-30-15-7-16-31-67)90-58-69(63-24-9-4-10-25-63)44-49-82(90)95(104(88)102)65-26-11-5-12-27-65/h5-8,11-23,26-44,46-47,49-61,63,93H,4,9-10,24-25,45,48,62H2,1-3H3. The minimum Gasteiger partial charge on any atom is -0.0727 e. The third kappa shape index (κ3) is 8.79. The molecule has 0 radical (unpaired) electrons. The van der Waals surface area contributed by atoms with Crippen LogP contribution >= 0.6 is 0 Å². The van der Waals surface area contributed by atoms with Crippen molar-refractivity contribution in [2.45, 2.75) is 94.8 Å². The van der Waals surface area contributed by atoms with Crippen LogP contribution in [0.3, 0.4) is 0 Å². The summed E-state index contributed by atoms with van der Waals surface area (Å²) in [4.78, 5) is 0. The van der Waals surface area contributed by atoms with Crippen molar-refractivity contribution in [2.75, 3.05) is 0 Å². The highest BCUT2D eigenvalue weighted by Gasteiger charge is 2.45. The molecule has 0 amide bonds. The highest BCUT2D eigenvalue weighted by molar-refractivity contribution is 6.31. The minimum absolute atomic E-state index is 0.167. The van der Waals surface area contributed by atoms with Crippen LogP contribution in [-0.2, 0) is 17.3 Å². The lowest BCUT2D eigenvalue weighted by Gasteiger charge is -2.32. The summed E-state index contributed by atoms with van der Waals surface area (Å²) in [7, 11) is 0. The first-order valence-corrected chi connectivity index (χ1v) is 39.3. The van der Waals surface area contributed by atoms with Gasteiger partial charge in [-0.05, 0) is 276 Å². The van der Waals surface area contributed by atoms with Gasteiger partial charge in [-0.1, -0.05) is 343 Å². The van der Waals surface area contributed by atoms with Gasteiger partial charge in [0.05, 0.1) is 0 Å². The molecule has 0 N–H and O–H groups in total. The maximum Gasteiger partial charge on any atom is 0.0217 e. The summed E-state index contributed by atoms with van der Waals surface area (Å²) >= 11 is 0. The van der Waals surface area contributed by atoms with Crippen molar-refractivity contribution in [3.05, 3.63) is 359 Å². The van der Waals surface area contributed by atoms with Crippen molar-refractivity contribution in [1.82, 2.24) is 0 Å². The van der Waals surface area contributed by atoms with E-state index in [0.717, 1.165) is 19.3 Å². The molecule has 16 aromatic rings. The van der Waals surface area contributed by atoms with Crippen LogP contribution in [0.1, 0.15) is 128 Å². The maximum atomic E-state index is 2.64. The van der Waals surface area contributed by atoms with Gasteiger partial charge in [0.15, 0.2) is 0 Å². The molecule has 0 saturated heterocycles. The Labute approximate surface area is 626 Å². The predicted molar refractivity (Wildman–Crippen MR) is 455 cm³/mol. The average molecular weight is 1360 g/mol. The Hall–Kier alpha value is -12.0. The van der Waals surface area contributed by atoms with E-state index in [-0.39, 0.29) is 16.7 Å². The summed E-state index contributed by atoms with van der Waals surface area (Å²) in [5.74, 6) is 0.767. The van der Waals surface area contributed by atoms with E-state index in [9.17, 15) is 0 Å². The number of rotatable bonds is 10. The van der Waals surface area contributed by atoms with E-state index in [1.165, 1.54) is 258 Å². The lowest BCUT2D eigenvalue weighted by molar-refractivity contribution is 0.444. The number of allylic oxidation sites excluding steroid dienone is 8. The average Bonchev–Trinajstić information content (AvgIpc) is 1.57. The van der Waals surface area contributed by atoms with Crippen LogP contribution in [-0.4, -0.2) is 0 Å². The fourth-order valence-electron chi connectivity index (χ4n) is 21.8. The van der Waals surface area contributed by atoms with Crippen LogP contribution < -0.4 is 0 Å². The van der Waals surface area contributed by atoms with Crippen molar-refractivity contribution in [3.8, 4) is 89.0 Å². The molecule has 0 heteroatoms. The first-order valence-electron chi connectivity index (χ1n) is 39.3. The number of fused-ring (bicyclic) bond motifs is 13. The predicted octanol–water partition coefficient (Wildman–Crippen LogP) is 29.2. The topological polar surface area (TPSA) is 0 Å². The smallest absolute Gasteiger partial charge is 0.0217 e. The Balaban J connectivity index is 0.634. The van der Waals surface area contributed by atoms with Gasteiger partial charge in [0, 0.05) is 11.3 Å². The Morgan fingerprint density at radius 2 is 0.888 bits per heavy atom. The molecule has 7 aliphatic rings. The fourth-order valence-corrected chi connectivity index (χ4v) is 21.8. The SMILES string of the molecule is CC(C)(Cc1ccc2c3c(cccc13)C1C=C(c3ccc4c5c(cccc35)-c3c-4c(-c4ccccc4)c4ccc(C5CCCCC5)cc4c3-c3ccccc3)C=CC21C)c1ccc2c(-c3ccccc3)c3c(c(-c4ccccc4)c2c1)-c1cccc2c(C4=CC5=C(CC4)c4cccc6cccc5c46)ccc-3c12. The summed E-state index contributed by atoms with van der Waals surface area (Å²) < 4.78 is 0. The highest BCUT2D eigenvalue weighted by atomic mass is 14.5. The molecule has 2 unspecified atom stereocenters. The van der Waals surface area contributed by atoms with Crippen molar-refractivity contribution in [1.29, 1.82) is 0 Å². The first-order chi connectivity index (χ1) is 52.7. The van der Waals surface area contributed by atoms with Crippen LogP contribution in [0, 0.1) is 0 Å². The van der Waals surface area contributed by atoms with E-state index >= 15 is 0 Å². The van der Waals surface area contributed by atoms with Crippen LogP contribution in [0.25, 0.3) is 176 Å². The largest absolute Gasteiger partial charge is 0.0727 e. The molecule has 0 nitrogen and oxygen atoms in total. The third-order valence-electron chi connectivity index (χ3n) is 26.7. The van der Waals surface area contributed by atoms with Crippen molar-refractivity contribution < 1.29 is 0 Å². The molecule has 7 aliphatic carbocycles. The van der Waals surface area contributed by atoms with Gasteiger partial charge >= 0.3 is 0 Å². The number of hydrogen-bond acceptors (Lipinski definition) is 0. The summed E-state index contributed by atoms with van der Waals surface area (Å²) in [5.41, 5.74) is 38.8. The molecule has 0 aromatic heterocycles.